The summed E-state index contributed by atoms with van der Waals surface area (Å²) in [6.45, 7) is 3.80. The van der Waals surface area contributed by atoms with Crippen LogP contribution in [0, 0.1) is 0 Å². The molecular weight excluding hydrogens is 827 g/mol. The Bertz CT molecular complexity index is 1130. The van der Waals surface area contributed by atoms with E-state index in [-0.39, 0.29) is 12.5 Å². The Labute approximate surface area is 406 Å². The van der Waals surface area contributed by atoms with Crippen molar-refractivity contribution in [2.45, 2.75) is 307 Å². The second-order valence-electron chi connectivity index (χ2n) is 19.7. The number of hydrogen-bond donors (Lipinski definition) is 6. The average Bonchev–Trinajstić information content (AvgIpc) is 3.32. The average molecular weight is 934 g/mol. The second-order valence-corrected chi connectivity index (χ2v) is 19.7. The molecule has 0 saturated carbocycles. The van der Waals surface area contributed by atoms with Gasteiger partial charge in [-0.15, -0.1) is 0 Å². The summed E-state index contributed by atoms with van der Waals surface area (Å²) in [6.07, 6.45) is 53.4. The van der Waals surface area contributed by atoms with Crippen molar-refractivity contribution in [1.29, 1.82) is 0 Å². The Balaban J connectivity index is 2.26. The molecule has 0 aromatic rings. The number of ether oxygens (including phenoxy) is 2. The van der Waals surface area contributed by atoms with Gasteiger partial charge in [0.15, 0.2) is 6.29 Å². The number of carbonyl (C=O) groups is 1. The van der Waals surface area contributed by atoms with E-state index in [2.05, 4.69) is 43.5 Å². The van der Waals surface area contributed by atoms with Crippen LogP contribution in [0.1, 0.15) is 264 Å². The minimum absolute atomic E-state index is 0.182. The van der Waals surface area contributed by atoms with Gasteiger partial charge in [0.05, 0.1) is 25.4 Å². The maximum atomic E-state index is 13.0. The molecule has 0 aliphatic carbocycles. The number of aliphatic hydroxyl groups is 5. The topological polar surface area (TPSA) is 149 Å². The third-order valence-electron chi connectivity index (χ3n) is 13.5. The molecule has 1 fully saturated rings. The Kier molecular flexibility index (Phi) is 44.6. The molecule has 1 heterocycles. The Morgan fingerprint density at radius 1 is 0.515 bits per heavy atom. The lowest BCUT2D eigenvalue weighted by atomic mass is 9.99. The third kappa shape index (κ3) is 36.4. The van der Waals surface area contributed by atoms with Gasteiger partial charge in [-0.25, -0.2) is 0 Å². The normalized spacial score (nSPS) is 20.0. The summed E-state index contributed by atoms with van der Waals surface area (Å²) in [7, 11) is 0. The van der Waals surface area contributed by atoms with Gasteiger partial charge in [0.1, 0.15) is 24.4 Å². The lowest BCUT2D eigenvalue weighted by molar-refractivity contribution is -0.302. The van der Waals surface area contributed by atoms with Crippen molar-refractivity contribution in [1.82, 2.24) is 5.32 Å². The summed E-state index contributed by atoms with van der Waals surface area (Å²) in [5.41, 5.74) is 0. The van der Waals surface area contributed by atoms with Gasteiger partial charge in [-0.1, -0.05) is 243 Å². The molecule has 1 amide bonds. The van der Waals surface area contributed by atoms with Crippen LogP contribution in [0.5, 0.6) is 0 Å². The summed E-state index contributed by atoms with van der Waals surface area (Å²) in [4.78, 5) is 13.0. The van der Waals surface area contributed by atoms with E-state index in [4.69, 9.17) is 9.47 Å². The smallest absolute Gasteiger partial charge is 0.220 e. The van der Waals surface area contributed by atoms with E-state index < -0.39 is 49.5 Å². The van der Waals surface area contributed by atoms with Gasteiger partial charge < -0.3 is 40.3 Å². The van der Waals surface area contributed by atoms with Crippen LogP contribution in [0.15, 0.2) is 36.5 Å². The van der Waals surface area contributed by atoms with Gasteiger partial charge in [0.25, 0.3) is 0 Å². The van der Waals surface area contributed by atoms with Crippen LogP contribution >= 0.6 is 0 Å². The molecule has 1 saturated heterocycles. The van der Waals surface area contributed by atoms with Crippen LogP contribution in [0.25, 0.3) is 0 Å². The number of allylic oxidation sites excluding steroid dienone is 5. The first-order valence-electron chi connectivity index (χ1n) is 28.2. The minimum Gasteiger partial charge on any atom is -0.394 e. The number of aliphatic hydroxyl groups excluding tert-OH is 5. The van der Waals surface area contributed by atoms with Crippen molar-refractivity contribution in [2.75, 3.05) is 13.2 Å². The van der Waals surface area contributed by atoms with Crippen LogP contribution in [0.2, 0.25) is 0 Å². The molecule has 1 aliphatic heterocycles. The number of carbonyl (C=O) groups excluding carboxylic acids is 1. The molecule has 0 bridgehead atoms. The van der Waals surface area contributed by atoms with E-state index in [0.29, 0.717) is 6.42 Å². The lowest BCUT2D eigenvalue weighted by Crippen LogP contribution is -2.60. The molecule has 6 N–H and O–H groups in total. The largest absolute Gasteiger partial charge is 0.394 e. The second kappa shape index (κ2) is 47.1. The molecule has 0 spiro atoms. The first-order valence-corrected chi connectivity index (χ1v) is 28.2. The summed E-state index contributed by atoms with van der Waals surface area (Å²) in [6, 6.07) is -0.809. The molecule has 388 valence electrons. The van der Waals surface area contributed by atoms with E-state index in [0.717, 1.165) is 57.8 Å². The van der Waals surface area contributed by atoms with Crippen molar-refractivity contribution >= 4 is 5.91 Å². The highest BCUT2D eigenvalue weighted by Crippen LogP contribution is 2.23. The molecule has 1 rings (SSSR count). The molecule has 0 radical (unpaired) electrons. The van der Waals surface area contributed by atoms with Gasteiger partial charge in [-0.2, -0.15) is 0 Å². The van der Waals surface area contributed by atoms with Crippen molar-refractivity contribution in [3.8, 4) is 0 Å². The fourth-order valence-electron chi connectivity index (χ4n) is 8.95. The number of rotatable bonds is 48. The highest BCUT2D eigenvalue weighted by molar-refractivity contribution is 5.76. The minimum atomic E-state index is -1.57. The maximum Gasteiger partial charge on any atom is 0.220 e. The summed E-state index contributed by atoms with van der Waals surface area (Å²) < 4.78 is 11.3. The predicted molar refractivity (Wildman–Crippen MR) is 276 cm³/mol. The fourth-order valence-corrected chi connectivity index (χ4v) is 8.95. The molecule has 0 aromatic carbocycles. The highest BCUT2D eigenvalue weighted by Gasteiger charge is 2.44. The zero-order valence-corrected chi connectivity index (χ0v) is 43.0. The highest BCUT2D eigenvalue weighted by atomic mass is 16.7. The molecule has 66 heavy (non-hydrogen) atoms. The molecule has 0 aromatic heterocycles. The SMILES string of the molecule is CCCCCCCCCCC/C=C\C/C=C\CCCCCCCCCC(=O)NC(COC1OC(CO)C(O)C(O)C1O)C(O)/C=C/CCCCCCCCCCCCCCCCCCCC. The third-order valence-corrected chi connectivity index (χ3v) is 13.5. The van der Waals surface area contributed by atoms with Crippen LogP contribution < -0.4 is 5.32 Å². The van der Waals surface area contributed by atoms with E-state index in [1.165, 1.54) is 186 Å². The Hall–Kier alpha value is -1.59. The van der Waals surface area contributed by atoms with Gasteiger partial charge in [-0.05, 0) is 51.4 Å². The van der Waals surface area contributed by atoms with Crippen molar-refractivity contribution in [2.24, 2.45) is 0 Å². The molecule has 7 atom stereocenters. The van der Waals surface area contributed by atoms with Crippen molar-refractivity contribution in [3.63, 3.8) is 0 Å². The van der Waals surface area contributed by atoms with E-state index >= 15 is 0 Å². The monoisotopic (exact) mass is 934 g/mol. The summed E-state index contributed by atoms with van der Waals surface area (Å²) in [5.74, 6) is -0.182. The Morgan fingerprint density at radius 2 is 0.894 bits per heavy atom. The number of amides is 1. The summed E-state index contributed by atoms with van der Waals surface area (Å²) >= 11 is 0. The maximum absolute atomic E-state index is 13.0. The number of unbranched alkanes of at least 4 members (excludes halogenated alkanes) is 34. The predicted octanol–water partition coefficient (Wildman–Crippen LogP) is 13.6. The van der Waals surface area contributed by atoms with E-state index in [1.807, 2.05) is 6.08 Å². The summed E-state index contributed by atoms with van der Waals surface area (Å²) in [5, 5.41) is 54.5. The molecular formula is C57H107NO8. The van der Waals surface area contributed by atoms with E-state index in [9.17, 15) is 30.3 Å². The quantitative estimate of drug-likeness (QED) is 0.0261. The zero-order valence-electron chi connectivity index (χ0n) is 43.0. The first-order chi connectivity index (χ1) is 32.3. The molecule has 1 aliphatic rings. The van der Waals surface area contributed by atoms with Crippen LogP contribution in [-0.4, -0.2) is 87.5 Å². The first kappa shape index (κ1) is 62.4. The zero-order chi connectivity index (χ0) is 48.0. The lowest BCUT2D eigenvalue weighted by Gasteiger charge is -2.40. The van der Waals surface area contributed by atoms with Gasteiger partial charge in [-0.3, -0.25) is 4.79 Å². The van der Waals surface area contributed by atoms with Crippen molar-refractivity contribution in [3.05, 3.63) is 36.5 Å². The number of nitrogens with one attached hydrogen (secondary N) is 1. The van der Waals surface area contributed by atoms with Crippen LogP contribution in [-0.2, 0) is 14.3 Å². The molecule has 9 heteroatoms. The van der Waals surface area contributed by atoms with E-state index in [1.54, 1.807) is 6.08 Å². The standard InChI is InChI=1S/C57H107NO8/c1-3-5-7-9-11-13-15-17-19-21-23-25-26-27-29-31-33-35-37-39-41-43-45-47-53(61)58-50(49-65-57-56(64)55(63)54(62)52(48-59)66-57)51(60)46-44-42-40-38-36-34-32-30-28-24-22-20-18-16-14-12-10-8-6-4-2/h23,25,27,29,44,46,50-52,54-57,59-60,62-64H,3-22,24,26,28,30-43,45,47-49H2,1-2H3,(H,58,61)/b25-23-,29-27-,46-44+. The fraction of sp³-hybridized carbons (Fsp3) is 0.877. The van der Waals surface area contributed by atoms with Gasteiger partial charge in [0.2, 0.25) is 5.91 Å². The van der Waals surface area contributed by atoms with Crippen LogP contribution in [0.3, 0.4) is 0 Å². The Morgan fingerprint density at radius 3 is 1.30 bits per heavy atom. The van der Waals surface area contributed by atoms with Crippen LogP contribution in [0.4, 0.5) is 0 Å². The number of hydrogen-bond acceptors (Lipinski definition) is 8. The van der Waals surface area contributed by atoms with Gasteiger partial charge >= 0.3 is 0 Å². The van der Waals surface area contributed by atoms with Gasteiger partial charge in [0, 0.05) is 6.42 Å². The van der Waals surface area contributed by atoms with Crippen molar-refractivity contribution < 1.29 is 39.8 Å². The molecule has 7 unspecified atom stereocenters. The molecule has 9 nitrogen and oxygen atoms in total.